The van der Waals surface area contributed by atoms with Crippen molar-refractivity contribution in [2.75, 3.05) is 6.61 Å². The van der Waals surface area contributed by atoms with Crippen molar-refractivity contribution in [2.45, 2.75) is 33.1 Å². The molecule has 0 saturated heterocycles. The highest BCUT2D eigenvalue weighted by molar-refractivity contribution is 5.39. The van der Waals surface area contributed by atoms with Gasteiger partial charge in [-0.1, -0.05) is 19.1 Å². The van der Waals surface area contributed by atoms with Crippen LogP contribution >= 0.6 is 0 Å². The smallest absolute Gasteiger partial charge is 0.122 e. The van der Waals surface area contributed by atoms with Crippen molar-refractivity contribution in [3.05, 3.63) is 29.3 Å². The Morgan fingerprint density at radius 2 is 2.13 bits per heavy atom. The van der Waals surface area contributed by atoms with Gasteiger partial charge in [-0.3, -0.25) is 0 Å². The molecule has 1 aromatic carbocycles. The molecule has 0 bridgehead atoms. The van der Waals surface area contributed by atoms with Gasteiger partial charge in [0, 0.05) is 0 Å². The monoisotopic (exact) mass is 203 g/mol. The summed E-state index contributed by atoms with van der Waals surface area (Å²) in [5.74, 6) is 0.911. The zero-order valence-electron chi connectivity index (χ0n) is 9.58. The minimum atomic E-state index is -0.000577. The minimum absolute atomic E-state index is 0.000577. The van der Waals surface area contributed by atoms with Gasteiger partial charge in [-0.2, -0.15) is 5.26 Å². The van der Waals surface area contributed by atoms with Crippen LogP contribution in [0.5, 0.6) is 5.75 Å². The fraction of sp³-hybridized carbons (Fsp3) is 0.462. The Balaban J connectivity index is 2.96. The summed E-state index contributed by atoms with van der Waals surface area (Å²) in [6.45, 7) is 6.69. The Labute approximate surface area is 91.5 Å². The van der Waals surface area contributed by atoms with Crippen LogP contribution in [0.1, 0.15) is 37.3 Å². The molecule has 2 heteroatoms. The quantitative estimate of drug-likeness (QED) is 0.751. The van der Waals surface area contributed by atoms with Gasteiger partial charge >= 0.3 is 0 Å². The highest BCUT2D eigenvalue weighted by Crippen LogP contribution is 2.25. The number of hydrogen-bond acceptors (Lipinski definition) is 2. The number of nitriles is 1. The standard InChI is InChI=1S/C13H17NO/c1-4-11(9-14)12-6-7-13(15-5-2)10(3)8-12/h6-8,11H,4-5H2,1-3H3. The summed E-state index contributed by atoms with van der Waals surface area (Å²) in [7, 11) is 0. The first-order valence-electron chi connectivity index (χ1n) is 5.35. The van der Waals surface area contributed by atoms with Crippen molar-refractivity contribution in [3.63, 3.8) is 0 Å². The van der Waals surface area contributed by atoms with E-state index in [1.807, 2.05) is 39.0 Å². The SMILES string of the molecule is CCOc1ccc(C(C#N)CC)cc1C. The predicted octanol–water partition coefficient (Wildman–Crippen LogP) is 3.41. The van der Waals surface area contributed by atoms with Gasteiger partial charge in [-0.05, 0) is 37.5 Å². The van der Waals surface area contributed by atoms with Crippen LogP contribution in [0.2, 0.25) is 0 Å². The molecule has 0 fully saturated rings. The van der Waals surface area contributed by atoms with Crippen molar-refractivity contribution in [2.24, 2.45) is 0 Å². The number of nitrogens with zero attached hydrogens (tertiary/aromatic N) is 1. The van der Waals surface area contributed by atoms with E-state index in [0.717, 1.165) is 23.3 Å². The van der Waals surface area contributed by atoms with Crippen LogP contribution in [-0.2, 0) is 0 Å². The minimum Gasteiger partial charge on any atom is -0.494 e. The molecule has 0 spiro atoms. The molecule has 1 atom stereocenters. The van der Waals surface area contributed by atoms with Crippen LogP contribution < -0.4 is 4.74 Å². The lowest BCUT2D eigenvalue weighted by atomic mass is 9.96. The highest BCUT2D eigenvalue weighted by Gasteiger charge is 2.09. The molecule has 1 aromatic rings. The van der Waals surface area contributed by atoms with Gasteiger partial charge < -0.3 is 4.74 Å². The molecule has 0 heterocycles. The summed E-state index contributed by atoms with van der Waals surface area (Å²) in [5, 5.41) is 8.96. The summed E-state index contributed by atoms with van der Waals surface area (Å²) in [6, 6.07) is 8.28. The zero-order valence-corrected chi connectivity index (χ0v) is 9.58. The first kappa shape index (κ1) is 11.6. The molecular formula is C13H17NO. The van der Waals surface area contributed by atoms with Gasteiger partial charge in [-0.15, -0.1) is 0 Å². The Kier molecular flexibility index (Phi) is 4.17. The topological polar surface area (TPSA) is 33.0 Å². The zero-order chi connectivity index (χ0) is 11.3. The number of rotatable bonds is 4. The first-order valence-corrected chi connectivity index (χ1v) is 5.35. The molecule has 2 nitrogen and oxygen atoms in total. The maximum absolute atomic E-state index is 8.96. The van der Waals surface area contributed by atoms with E-state index in [4.69, 9.17) is 10.00 Å². The Hall–Kier alpha value is -1.49. The Morgan fingerprint density at radius 3 is 2.60 bits per heavy atom. The normalized spacial score (nSPS) is 11.9. The molecule has 0 radical (unpaired) electrons. The molecule has 0 aliphatic heterocycles. The third-order valence-corrected chi connectivity index (χ3v) is 2.47. The summed E-state index contributed by atoms with van der Waals surface area (Å²) in [4.78, 5) is 0. The molecule has 0 N–H and O–H groups in total. The number of hydrogen-bond donors (Lipinski definition) is 0. The van der Waals surface area contributed by atoms with E-state index in [0.29, 0.717) is 6.61 Å². The summed E-state index contributed by atoms with van der Waals surface area (Å²) in [5.41, 5.74) is 2.18. The third kappa shape index (κ3) is 2.73. The summed E-state index contributed by atoms with van der Waals surface area (Å²) < 4.78 is 5.46. The van der Waals surface area contributed by atoms with Gasteiger partial charge in [0.15, 0.2) is 0 Å². The lowest BCUT2D eigenvalue weighted by molar-refractivity contribution is 0.338. The molecule has 0 saturated carbocycles. The van der Waals surface area contributed by atoms with Crippen molar-refractivity contribution < 1.29 is 4.74 Å². The largest absolute Gasteiger partial charge is 0.494 e. The van der Waals surface area contributed by atoms with Crippen LogP contribution in [-0.4, -0.2) is 6.61 Å². The van der Waals surface area contributed by atoms with Gasteiger partial charge in [-0.25, -0.2) is 0 Å². The maximum atomic E-state index is 8.96. The second-order valence-corrected chi connectivity index (χ2v) is 3.55. The molecule has 0 aliphatic carbocycles. The molecule has 15 heavy (non-hydrogen) atoms. The molecule has 0 aliphatic rings. The first-order chi connectivity index (χ1) is 7.22. The van der Waals surface area contributed by atoms with E-state index < -0.39 is 0 Å². The van der Waals surface area contributed by atoms with E-state index in [2.05, 4.69) is 6.07 Å². The maximum Gasteiger partial charge on any atom is 0.122 e. The molecular weight excluding hydrogens is 186 g/mol. The van der Waals surface area contributed by atoms with Crippen molar-refractivity contribution in [3.8, 4) is 11.8 Å². The average Bonchev–Trinajstić information content (AvgIpc) is 2.24. The fourth-order valence-electron chi connectivity index (χ4n) is 1.61. The van der Waals surface area contributed by atoms with Crippen LogP contribution in [0.4, 0.5) is 0 Å². The van der Waals surface area contributed by atoms with Crippen LogP contribution in [0.15, 0.2) is 18.2 Å². The average molecular weight is 203 g/mol. The second-order valence-electron chi connectivity index (χ2n) is 3.55. The number of aryl methyl sites for hydroxylation is 1. The fourth-order valence-corrected chi connectivity index (χ4v) is 1.61. The molecule has 1 unspecified atom stereocenters. The van der Waals surface area contributed by atoms with Crippen molar-refractivity contribution in [1.29, 1.82) is 5.26 Å². The second kappa shape index (κ2) is 5.41. The van der Waals surface area contributed by atoms with E-state index in [1.54, 1.807) is 0 Å². The molecule has 80 valence electrons. The van der Waals surface area contributed by atoms with Crippen molar-refractivity contribution in [1.82, 2.24) is 0 Å². The van der Waals surface area contributed by atoms with Gasteiger partial charge in [0.2, 0.25) is 0 Å². The third-order valence-electron chi connectivity index (χ3n) is 2.47. The van der Waals surface area contributed by atoms with Crippen LogP contribution in [0.25, 0.3) is 0 Å². The summed E-state index contributed by atoms with van der Waals surface area (Å²) in [6.07, 6.45) is 0.851. The van der Waals surface area contributed by atoms with E-state index in [9.17, 15) is 0 Å². The van der Waals surface area contributed by atoms with E-state index in [1.165, 1.54) is 0 Å². The number of benzene rings is 1. The van der Waals surface area contributed by atoms with Gasteiger partial charge in [0.05, 0.1) is 18.6 Å². The predicted molar refractivity (Wildman–Crippen MR) is 61.0 cm³/mol. The van der Waals surface area contributed by atoms with Gasteiger partial charge in [0.1, 0.15) is 5.75 Å². The molecule has 0 aromatic heterocycles. The lowest BCUT2D eigenvalue weighted by Crippen LogP contribution is -1.98. The van der Waals surface area contributed by atoms with Crippen molar-refractivity contribution >= 4 is 0 Å². The Morgan fingerprint density at radius 1 is 1.40 bits per heavy atom. The molecule has 0 amide bonds. The van der Waals surface area contributed by atoms with E-state index in [-0.39, 0.29) is 5.92 Å². The number of ether oxygens (including phenoxy) is 1. The van der Waals surface area contributed by atoms with Gasteiger partial charge in [0.25, 0.3) is 0 Å². The molecule has 1 rings (SSSR count). The summed E-state index contributed by atoms with van der Waals surface area (Å²) >= 11 is 0. The van der Waals surface area contributed by atoms with Crippen LogP contribution in [0, 0.1) is 18.3 Å². The van der Waals surface area contributed by atoms with E-state index >= 15 is 0 Å². The van der Waals surface area contributed by atoms with Crippen LogP contribution in [0.3, 0.4) is 0 Å². The highest BCUT2D eigenvalue weighted by atomic mass is 16.5. The Bertz CT molecular complexity index is 365. The lowest BCUT2D eigenvalue weighted by Gasteiger charge is -2.11.